The Morgan fingerprint density at radius 1 is 1.11 bits per heavy atom. The minimum Gasteiger partial charge on any atom is -0.353 e. The van der Waals surface area contributed by atoms with E-state index < -0.39 is 0 Å². The highest BCUT2D eigenvalue weighted by molar-refractivity contribution is 5.81. The van der Waals surface area contributed by atoms with Crippen molar-refractivity contribution >= 4 is 11.8 Å². The van der Waals surface area contributed by atoms with Gasteiger partial charge in [-0.3, -0.25) is 14.5 Å². The van der Waals surface area contributed by atoms with Crippen LogP contribution in [0.15, 0.2) is 0 Å². The van der Waals surface area contributed by atoms with E-state index in [0.717, 1.165) is 13.1 Å². The van der Waals surface area contributed by atoms with Crippen LogP contribution in [0.2, 0.25) is 0 Å². The molecular formula is C14H27N3O2. The maximum absolute atomic E-state index is 12.1. The Kier molecular flexibility index (Phi) is 5.35. The summed E-state index contributed by atoms with van der Waals surface area (Å²) in [6.45, 7) is 13.1. The van der Waals surface area contributed by atoms with Crippen LogP contribution in [0.25, 0.3) is 0 Å². The molecule has 1 rings (SSSR count). The van der Waals surface area contributed by atoms with Crippen LogP contribution in [0.4, 0.5) is 0 Å². The van der Waals surface area contributed by atoms with E-state index in [9.17, 15) is 9.59 Å². The molecule has 0 saturated carbocycles. The summed E-state index contributed by atoms with van der Waals surface area (Å²) in [5.41, 5.74) is -0.322. The molecule has 19 heavy (non-hydrogen) atoms. The van der Waals surface area contributed by atoms with Crippen LogP contribution in [0, 0.1) is 5.41 Å². The van der Waals surface area contributed by atoms with Gasteiger partial charge in [0.25, 0.3) is 0 Å². The van der Waals surface area contributed by atoms with E-state index in [1.165, 1.54) is 0 Å². The third kappa shape index (κ3) is 5.19. The van der Waals surface area contributed by atoms with Crippen molar-refractivity contribution in [3.63, 3.8) is 0 Å². The number of nitrogens with zero attached hydrogens (tertiary/aromatic N) is 2. The highest BCUT2D eigenvalue weighted by atomic mass is 16.2. The monoisotopic (exact) mass is 269 g/mol. The second-order valence-corrected chi connectivity index (χ2v) is 6.54. The number of amides is 2. The first-order valence-corrected chi connectivity index (χ1v) is 7.01. The van der Waals surface area contributed by atoms with Gasteiger partial charge in [-0.1, -0.05) is 20.8 Å². The molecule has 1 fully saturated rings. The van der Waals surface area contributed by atoms with Gasteiger partial charge in [0.1, 0.15) is 0 Å². The Labute approximate surface area is 116 Å². The topological polar surface area (TPSA) is 52.7 Å². The first-order chi connectivity index (χ1) is 8.70. The molecule has 0 aliphatic carbocycles. The largest absolute Gasteiger partial charge is 0.353 e. The van der Waals surface area contributed by atoms with E-state index in [1.807, 2.05) is 39.5 Å². The van der Waals surface area contributed by atoms with Crippen molar-refractivity contribution < 1.29 is 9.59 Å². The second kappa shape index (κ2) is 6.37. The van der Waals surface area contributed by atoms with Gasteiger partial charge < -0.3 is 10.2 Å². The molecule has 2 amide bonds. The van der Waals surface area contributed by atoms with Crippen LogP contribution >= 0.6 is 0 Å². The number of piperazine rings is 1. The van der Waals surface area contributed by atoms with E-state index in [0.29, 0.717) is 19.6 Å². The summed E-state index contributed by atoms with van der Waals surface area (Å²) in [5.74, 6) is 0.254. The predicted octanol–water partition coefficient (Wildman–Crippen LogP) is 0.701. The summed E-state index contributed by atoms with van der Waals surface area (Å²) in [5, 5.41) is 2.89. The van der Waals surface area contributed by atoms with Gasteiger partial charge in [0.15, 0.2) is 0 Å². The second-order valence-electron chi connectivity index (χ2n) is 6.54. The average Bonchev–Trinajstić information content (AvgIpc) is 2.26. The standard InChI is InChI=1S/C14H27N3O2/c1-11(2)15-12(18)10-16-6-8-17(9-7-16)13(19)14(3,4)5/h11H,6-10H2,1-5H3,(H,15,18). The van der Waals surface area contributed by atoms with Crippen molar-refractivity contribution in [1.29, 1.82) is 0 Å². The van der Waals surface area contributed by atoms with E-state index >= 15 is 0 Å². The first kappa shape index (κ1) is 16.0. The van der Waals surface area contributed by atoms with Gasteiger partial charge >= 0.3 is 0 Å². The quantitative estimate of drug-likeness (QED) is 0.820. The van der Waals surface area contributed by atoms with E-state index in [1.54, 1.807) is 0 Å². The van der Waals surface area contributed by atoms with Gasteiger partial charge in [0.2, 0.25) is 11.8 Å². The zero-order chi connectivity index (χ0) is 14.6. The molecule has 0 aromatic carbocycles. The minimum atomic E-state index is -0.322. The Balaban J connectivity index is 2.37. The molecular weight excluding hydrogens is 242 g/mol. The van der Waals surface area contributed by atoms with Crippen molar-refractivity contribution in [3.05, 3.63) is 0 Å². The third-order valence-corrected chi connectivity index (χ3v) is 3.12. The van der Waals surface area contributed by atoms with Crippen molar-refractivity contribution in [3.8, 4) is 0 Å². The van der Waals surface area contributed by atoms with E-state index in [2.05, 4.69) is 10.2 Å². The lowest BCUT2D eigenvalue weighted by molar-refractivity contribution is -0.141. The Morgan fingerprint density at radius 3 is 2.05 bits per heavy atom. The molecule has 1 heterocycles. The fourth-order valence-electron chi connectivity index (χ4n) is 2.15. The van der Waals surface area contributed by atoms with E-state index in [4.69, 9.17) is 0 Å². The third-order valence-electron chi connectivity index (χ3n) is 3.12. The van der Waals surface area contributed by atoms with Gasteiger partial charge in [-0.15, -0.1) is 0 Å². The van der Waals surface area contributed by atoms with Crippen LogP contribution in [0.3, 0.4) is 0 Å². The molecule has 1 saturated heterocycles. The Morgan fingerprint density at radius 2 is 1.63 bits per heavy atom. The number of carbonyl (C=O) groups excluding carboxylic acids is 2. The number of carbonyl (C=O) groups is 2. The van der Waals surface area contributed by atoms with Crippen molar-refractivity contribution in [2.45, 2.75) is 40.7 Å². The maximum atomic E-state index is 12.1. The molecule has 1 aliphatic heterocycles. The Hall–Kier alpha value is -1.10. The summed E-state index contributed by atoms with van der Waals surface area (Å²) >= 11 is 0. The molecule has 5 heteroatoms. The van der Waals surface area contributed by atoms with Crippen molar-refractivity contribution in [2.24, 2.45) is 5.41 Å². The molecule has 0 unspecified atom stereocenters. The summed E-state index contributed by atoms with van der Waals surface area (Å²) in [4.78, 5) is 27.8. The number of hydrogen-bond donors (Lipinski definition) is 1. The van der Waals surface area contributed by atoms with Gasteiger partial charge in [0, 0.05) is 37.6 Å². The van der Waals surface area contributed by atoms with Crippen molar-refractivity contribution in [1.82, 2.24) is 15.1 Å². The highest BCUT2D eigenvalue weighted by Gasteiger charge is 2.29. The van der Waals surface area contributed by atoms with Crippen molar-refractivity contribution in [2.75, 3.05) is 32.7 Å². The molecule has 0 atom stereocenters. The van der Waals surface area contributed by atoms with Crippen LogP contribution in [-0.4, -0.2) is 60.4 Å². The lowest BCUT2D eigenvalue weighted by Crippen LogP contribution is -2.53. The smallest absolute Gasteiger partial charge is 0.234 e. The van der Waals surface area contributed by atoms with Gasteiger partial charge in [-0.05, 0) is 13.8 Å². The predicted molar refractivity (Wildman–Crippen MR) is 75.8 cm³/mol. The summed E-state index contributed by atoms with van der Waals surface area (Å²) in [6, 6.07) is 0.177. The molecule has 1 N–H and O–H groups in total. The normalized spacial score (nSPS) is 17.7. The van der Waals surface area contributed by atoms with Crippen LogP contribution in [0.5, 0.6) is 0 Å². The molecule has 110 valence electrons. The lowest BCUT2D eigenvalue weighted by Gasteiger charge is -2.37. The zero-order valence-corrected chi connectivity index (χ0v) is 12.8. The first-order valence-electron chi connectivity index (χ1n) is 7.01. The highest BCUT2D eigenvalue weighted by Crippen LogP contribution is 2.18. The van der Waals surface area contributed by atoms with Crippen LogP contribution in [0.1, 0.15) is 34.6 Å². The summed E-state index contributed by atoms with van der Waals surface area (Å²) < 4.78 is 0. The van der Waals surface area contributed by atoms with Gasteiger partial charge in [-0.25, -0.2) is 0 Å². The fraction of sp³-hybridized carbons (Fsp3) is 0.857. The molecule has 0 aromatic heterocycles. The molecule has 0 bridgehead atoms. The molecule has 0 radical (unpaired) electrons. The van der Waals surface area contributed by atoms with Crippen LogP contribution < -0.4 is 5.32 Å². The number of hydrogen-bond acceptors (Lipinski definition) is 3. The SMILES string of the molecule is CC(C)NC(=O)CN1CCN(C(=O)C(C)(C)C)CC1. The summed E-state index contributed by atoms with van der Waals surface area (Å²) in [6.07, 6.45) is 0. The fourth-order valence-corrected chi connectivity index (χ4v) is 2.15. The number of rotatable bonds is 3. The molecule has 1 aliphatic rings. The minimum absolute atomic E-state index is 0.0607. The molecule has 0 spiro atoms. The molecule has 5 nitrogen and oxygen atoms in total. The van der Waals surface area contributed by atoms with Crippen LogP contribution in [-0.2, 0) is 9.59 Å². The van der Waals surface area contributed by atoms with Gasteiger partial charge in [-0.2, -0.15) is 0 Å². The van der Waals surface area contributed by atoms with E-state index in [-0.39, 0.29) is 23.3 Å². The lowest BCUT2D eigenvalue weighted by atomic mass is 9.94. The zero-order valence-electron chi connectivity index (χ0n) is 12.8. The Bertz CT molecular complexity index is 326. The molecule has 0 aromatic rings. The maximum Gasteiger partial charge on any atom is 0.234 e. The average molecular weight is 269 g/mol. The number of nitrogens with one attached hydrogen (secondary N) is 1. The summed E-state index contributed by atoms with van der Waals surface area (Å²) in [7, 11) is 0. The van der Waals surface area contributed by atoms with Gasteiger partial charge in [0.05, 0.1) is 6.54 Å².